The van der Waals surface area contributed by atoms with E-state index >= 15 is 0 Å². The van der Waals surface area contributed by atoms with Crippen LogP contribution in [-0.2, 0) is 9.47 Å². The molecule has 0 N–H and O–H groups in total. The van der Waals surface area contributed by atoms with Gasteiger partial charge in [-0.2, -0.15) is 0 Å². The third-order valence-electron chi connectivity index (χ3n) is 2.84. The Kier molecular flexibility index (Phi) is 5.40. The average Bonchev–Trinajstić information content (AvgIpc) is 2.19. The van der Waals surface area contributed by atoms with E-state index in [2.05, 4.69) is 13.8 Å². The fourth-order valence-corrected chi connectivity index (χ4v) is 1.59. The van der Waals surface area contributed by atoms with Crippen molar-refractivity contribution >= 4 is 0 Å². The van der Waals surface area contributed by atoms with Crippen LogP contribution in [0.2, 0.25) is 0 Å². The minimum atomic E-state index is 0.430. The van der Waals surface area contributed by atoms with E-state index in [1.54, 1.807) is 0 Å². The Morgan fingerprint density at radius 3 is 2.69 bits per heavy atom. The summed E-state index contributed by atoms with van der Waals surface area (Å²) < 4.78 is 11.0. The third kappa shape index (κ3) is 4.63. The van der Waals surface area contributed by atoms with Crippen molar-refractivity contribution in [1.29, 1.82) is 0 Å². The van der Waals surface area contributed by atoms with E-state index in [0.29, 0.717) is 6.10 Å². The van der Waals surface area contributed by atoms with Gasteiger partial charge in [0.2, 0.25) is 0 Å². The van der Waals surface area contributed by atoms with Gasteiger partial charge in [0.25, 0.3) is 0 Å². The predicted octanol–water partition coefficient (Wildman–Crippen LogP) is 2.62. The van der Waals surface area contributed by atoms with Crippen molar-refractivity contribution in [1.82, 2.24) is 0 Å². The standard InChI is InChI=1S/C11H22O2/c1-3-10(2)13-9-6-11-4-7-12-8-5-11/h10-11H,3-9H2,1-2H3. The van der Waals surface area contributed by atoms with Crippen LogP contribution in [-0.4, -0.2) is 25.9 Å². The van der Waals surface area contributed by atoms with Gasteiger partial charge in [0.05, 0.1) is 6.10 Å². The van der Waals surface area contributed by atoms with Gasteiger partial charge in [0.15, 0.2) is 0 Å². The predicted molar refractivity (Wildman–Crippen MR) is 53.9 cm³/mol. The first kappa shape index (κ1) is 11.0. The van der Waals surface area contributed by atoms with Crippen LogP contribution in [0.1, 0.15) is 39.5 Å². The van der Waals surface area contributed by atoms with Gasteiger partial charge in [0, 0.05) is 19.8 Å². The molecule has 0 saturated carbocycles. The minimum absolute atomic E-state index is 0.430. The molecule has 0 aliphatic carbocycles. The summed E-state index contributed by atoms with van der Waals surface area (Å²) in [5, 5.41) is 0. The van der Waals surface area contributed by atoms with Gasteiger partial charge in [-0.15, -0.1) is 0 Å². The second kappa shape index (κ2) is 6.39. The Balaban J connectivity index is 1.98. The maximum Gasteiger partial charge on any atom is 0.0544 e. The average molecular weight is 186 g/mol. The quantitative estimate of drug-likeness (QED) is 0.657. The van der Waals surface area contributed by atoms with E-state index in [-0.39, 0.29) is 0 Å². The first-order chi connectivity index (χ1) is 6.33. The summed E-state index contributed by atoms with van der Waals surface area (Å²) in [6, 6.07) is 0. The zero-order chi connectivity index (χ0) is 9.52. The van der Waals surface area contributed by atoms with Crippen LogP contribution in [0.15, 0.2) is 0 Å². The largest absolute Gasteiger partial charge is 0.381 e. The highest BCUT2D eigenvalue weighted by Crippen LogP contribution is 2.18. The molecular formula is C11H22O2. The van der Waals surface area contributed by atoms with Crippen LogP contribution < -0.4 is 0 Å². The van der Waals surface area contributed by atoms with Gasteiger partial charge in [-0.1, -0.05) is 6.92 Å². The highest BCUT2D eigenvalue weighted by molar-refractivity contribution is 4.63. The van der Waals surface area contributed by atoms with Gasteiger partial charge >= 0.3 is 0 Å². The molecule has 1 fully saturated rings. The third-order valence-corrected chi connectivity index (χ3v) is 2.84. The lowest BCUT2D eigenvalue weighted by molar-refractivity contribution is 0.0266. The zero-order valence-electron chi connectivity index (χ0n) is 8.92. The highest BCUT2D eigenvalue weighted by Gasteiger charge is 2.13. The van der Waals surface area contributed by atoms with Crippen LogP contribution in [0.5, 0.6) is 0 Å². The number of hydrogen-bond acceptors (Lipinski definition) is 2. The van der Waals surface area contributed by atoms with Crippen LogP contribution in [0.4, 0.5) is 0 Å². The number of rotatable bonds is 5. The molecule has 1 heterocycles. The van der Waals surface area contributed by atoms with E-state index in [1.165, 1.54) is 19.3 Å². The molecule has 1 aliphatic rings. The molecule has 0 bridgehead atoms. The summed E-state index contributed by atoms with van der Waals surface area (Å²) >= 11 is 0. The Hall–Kier alpha value is -0.0800. The van der Waals surface area contributed by atoms with Crippen molar-refractivity contribution in [3.63, 3.8) is 0 Å². The smallest absolute Gasteiger partial charge is 0.0544 e. The Morgan fingerprint density at radius 2 is 2.08 bits per heavy atom. The molecule has 0 aromatic carbocycles. The van der Waals surface area contributed by atoms with Gasteiger partial charge in [-0.3, -0.25) is 0 Å². The molecular weight excluding hydrogens is 164 g/mol. The van der Waals surface area contributed by atoms with E-state index < -0.39 is 0 Å². The van der Waals surface area contributed by atoms with Crippen molar-refractivity contribution in [2.75, 3.05) is 19.8 Å². The molecule has 0 spiro atoms. The van der Waals surface area contributed by atoms with E-state index in [0.717, 1.165) is 32.2 Å². The Bertz CT molecular complexity index is 119. The van der Waals surface area contributed by atoms with E-state index in [4.69, 9.17) is 9.47 Å². The minimum Gasteiger partial charge on any atom is -0.381 e. The fourth-order valence-electron chi connectivity index (χ4n) is 1.59. The van der Waals surface area contributed by atoms with Crippen molar-refractivity contribution in [3.8, 4) is 0 Å². The van der Waals surface area contributed by atoms with Crippen LogP contribution in [0.25, 0.3) is 0 Å². The van der Waals surface area contributed by atoms with E-state index in [9.17, 15) is 0 Å². The molecule has 13 heavy (non-hydrogen) atoms. The summed E-state index contributed by atoms with van der Waals surface area (Å²) in [5.41, 5.74) is 0. The lowest BCUT2D eigenvalue weighted by atomic mass is 9.97. The Labute approximate surface area is 81.6 Å². The van der Waals surface area contributed by atoms with Gasteiger partial charge < -0.3 is 9.47 Å². The van der Waals surface area contributed by atoms with Gasteiger partial charge in [-0.05, 0) is 38.5 Å². The molecule has 1 unspecified atom stereocenters. The summed E-state index contributed by atoms with van der Waals surface area (Å²) in [4.78, 5) is 0. The summed E-state index contributed by atoms with van der Waals surface area (Å²) in [6.45, 7) is 7.14. The molecule has 1 saturated heterocycles. The topological polar surface area (TPSA) is 18.5 Å². The van der Waals surface area contributed by atoms with Crippen molar-refractivity contribution in [3.05, 3.63) is 0 Å². The van der Waals surface area contributed by atoms with Crippen molar-refractivity contribution < 1.29 is 9.47 Å². The number of hydrogen-bond donors (Lipinski definition) is 0. The second-order valence-corrected chi connectivity index (χ2v) is 3.93. The molecule has 0 amide bonds. The highest BCUT2D eigenvalue weighted by atomic mass is 16.5. The van der Waals surface area contributed by atoms with E-state index in [1.807, 2.05) is 0 Å². The Morgan fingerprint density at radius 1 is 1.38 bits per heavy atom. The first-order valence-electron chi connectivity index (χ1n) is 5.52. The molecule has 1 rings (SSSR count). The van der Waals surface area contributed by atoms with Crippen LogP contribution in [0.3, 0.4) is 0 Å². The molecule has 2 nitrogen and oxygen atoms in total. The molecule has 0 radical (unpaired) electrons. The van der Waals surface area contributed by atoms with Crippen molar-refractivity contribution in [2.45, 2.75) is 45.6 Å². The maximum atomic E-state index is 5.65. The fraction of sp³-hybridized carbons (Fsp3) is 1.00. The summed E-state index contributed by atoms with van der Waals surface area (Å²) in [6.07, 6.45) is 5.22. The second-order valence-electron chi connectivity index (χ2n) is 3.93. The molecule has 0 aromatic rings. The molecule has 1 atom stereocenters. The SMILES string of the molecule is CCC(C)OCCC1CCOCC1. The monoisotopic (exact) mass is 186 g/mol. The molecule has 78 valence electrons. The molecule has 1 aliphatic heterocycles. The first-order valence-corrected chi connectivity index (χ1v) is 5.52. The van der Waals surface area contributed by atoms with Gasteiger partial charge in [0.1, 0.15) is 0 Å². The molecule has 2 heteroatoms. The lowest BCUT2D eigenvalue weighted by Crippen LogP contribution is -2.18. The summed E-state index contributed by atoms with van der Waals surface area (Å²) in [7, 11) is 0. The molecule has 0 aromatic heterocycles. The van der Waals surface area contributed by atoms with Crippen LogP contribution >= 0.6 is 0 Å². The van der Waals surface area contributed by atoms with Gasteiger partial charge in [-0.25, -0.2) is 0 Å². The maximum absolute atomic E-state index is 5.65. The zero-order valence-corrected chi connectivity index (χ0v) is 8.92. The lowest BCUT2D eigenvalue weighted by Gasteiger charge is -2.22. The number of ether oxygens (including phenoxy) is 2. The summed E-state index contributed by atoms with van der Waals surface area (Å²) in [5.74, 6) is 0.845. The van der Waals surface area contributed by atoms with Crippen molar-refractivity contribution in [2.24, 2.45) is 5.92 Å². The normalized spacial score (nSPS) is 21.7. The van der Waals surface area contributed by atoms with Crippen LogP contribution in [0, 0.1) is 5.92 Å².